The summed E-state index contributed by atoms with van der Waals surface area (Å²) in [5.74, 6) is 1.84. The van der Waals surface area contributed by atoms with Gasteiger partial charge in [-0.2, -0.15) is 0 Å². The van der Waals surface area contributed by atoms with E-state index in [0.29, 0.717) is 19.8 Å². The number of aliphatic hydroxyl groups is 2. The fourth-order valence-corrected chi connectivity index (χ4v) is 3.97. The molecule has 0 spiro atoms. The zero-order chi connectivity index (χ0) is 28.8. The molecule has 0 amide bonds. The molecule has 6 nitrogen and oxygen atoms in total. The molecule has 2 rings (SSSR count). The largest absolute Gasteiger partial charge is 0.496 e. The molecular weight excluding hydrogens is 480 g/mol. The number of para-hydroxylation sites is 1. The molecule has 0 aliphatic rings. The van der Waals surface area contributed by atoms with E-state index in [2.05, 4.69) is 59.7 Å². The molecule has 2 N–H and O–H groups in total. The lowest BCUT2D eigenvalue weighted by molar-refractivity contribution is 0.000711. The standard InChI is InChI=1S/2C16H26O3/c1-16(2,3)14-9-7-8-13(15(14)18-4)12-19-11-6-5-10-17;1-6-13(10-17)19-11-12-7-8-15(18-5)14(9-12)16(2,3)4/h7-9,17H,5-6,10-12H2,1-4H3;7-9,13,17H,6,10-11H2,1-5H3. The van der Waals surface area contributed by atoms with Crippen LogP contribution in [0, 0.1) is 0 Å². The number of methoxy groups -OCH3 is 2. The lowest BCUT2D eigenvalue weighted by atomic mass is 9.85. The molecule has 0 aromatic heterocycles. The summed E-state index contributed by atoms with van der Waals surface area (Å²) in [4.78, 5) is 0. The molecule has 0 bridgehead atoms. The van der Waals surface area contributed by atoms with Crippen LogP contribution in [0.1, 0.15) is 90.0 Å². The first-order valence-electron chi connectivity index (χ1n) is 13.7. The van der Waals surface area contributed by atoms with Crippen LogP contribution in [0.25, 0.3) is 0 Å². The molecule has 0 saturated heterocycles. The second-order valence-electron chi connectivity index (χ2n) is 11.5. The van der Waals surface area contributed by atoms with Crippen molar-refractivity contribution in [3.05, 3.63) is 58.7 Å². The van der Waals surface area contributed by atoms with Gasteiger partial charge in [0.1, 0.15) is 11.5 Å². The van der Waals surface area contributed by atoms with E-state index in [9.17, 15) is 0 Å². The van der Waals surface area contributed by atoms with Crippen LogP contribution in [-0.2, 0) is 33.5 Å². The van der Waals surface area contributed by atoms with Crippen LogP contribution in [0.4, 0.5) is 0 Å². The van der Waals surface area contributed by atoms with Crippen LogP contribution >= 0.6 is 0 Å². The average molecular weight is 533 g/mol. The molecule has 1 unspecified atom stereocenters. The Labute approximate surface area is 231 Å². The van der Waals surface area contributed by atoms with E-state index in [4.69, 9.17) is 29.2 Å². The summed E-state index contributed by atoms with van der Waals surface area (Å²) in [6.07, 6.45) is 2.41. The number of aliphatic hydroxyl groups excluding tert-OH is 2. The molecule has 38 heavy (non-hydrogen) atoms. The van der Waals surface area contributed by atoms with Gasteiger partial charge in [-0.25, -0.2) is 0 Å². The molecular formula is C32H52O6. The number of ether oxygens (including phenoxy) is 4. The van der Waals surface area contributed by atoms with E-state index in [1.54, 1.807) is 14.2 Å². The van der Waals surface area contributed by atoms with Crippen LogP contribution < -0.4 is 9.47 Å². The number of hydrogen-bond donors (Lipinski definition) is 2. The van der Waals surface area contributed by atoms with E-state index in [1.165, 1.54) is 11.1 Å². The Hall–Kier alpha value is -2.12. The smallest absolute Gasteiger partial charge is 0.128 e. The minimum absolute atomic E-state index is 0.0302. The Bertz CT molecular complexity index is 923. The molecule has 2 aromatic rings. The zero-order valence-electron chi connectivity index (χ0n) is 25.2. The number of unbranched alkanes of at least 4 members (excludes halogenated alkanes) is 1. The Morgan fingerprint density at radius 1 is 0.816 bits per heavy atom. The van der Waals surface area contributed by atoms with Gasteiger partial charge in [0.15, 0.2) is 0 Å². The second kappa shape index (κ2) is 16.8. The van der Waals surface area contributed by atoms with E-state index in [0.717, 1.165) is 41.9 Å². The minimum Gasteiger partial charge on any atom is -0.496 e. The lowest BCUT2D eigenvalue weighted by Crippen LogP contribution is -2.17. The molecule has 0 heterocycles. The monoisotopic (exact) mass is 532 g/mol. The van der Waals surface area contributed by atoms with Gasteiger partial charge >= 0.3 is 0 Å². The summed E-state index contributed by atoms with van der Waals surface area (Å²) in [5.41, 5.74) is 4.65. The third-order valence-electron chi connectivity index (χ3n) is 6.28. The highest BCUT2D eigenvalue weighted by Crippen LogP contribution is 2.34. The van der Waals surface area contributed by atoms with Crippen molar-refractivity contribution in [2.75, 3.05) is 34.0 Å². The van der Waals surface area contributed by atoms with Gasteiger partial charge in [0.25, 0.3) is 0 Å². The fourth-order valence-electron chi connectivity index (χ4n) is 3.97. The van der Waals surface area contributed by atoms with Gasteiger partial charge in [0, 0.05) is 18.8 Å². The molecule has 2 aromatic carbocycles. The van der Waals surface area contributed by atoms with Crippen molar-refractivity contribution in [2.24, 2.45) is 0 Å². The Kier molecular flexibility index (Phi) is 15.0. The average Bonchev–Trinajstić information content (AvgIpc) is 2.88. The van der Waals surface area contributed by atoms with Crippen LogP contribution in [-0.4, -0.2) is 50.4 Å². The van der Waals surface area contributed by atoms with Gasteiger partial charge < -0.3 is 29.2 Å². The van der Waals surface area contributed by atoms with Gasteiger partial charge in [-0.1, -0.05) is 72.7 Å². The van der Waals surface area contributed by atoms with E-state index in [-0.39, 0.29) is 30.1 Å². The van der Waals surface area contributed by atoms with Gasteiger partial charge in [-0.3, -0.25) is 0 Å². The third-order valence-corrected chi connectivity index (χ3v) is 6.28. The highest BCUT2D eigenvalue weighted by Gasteiger charge is 2.21. The molecule has 0 fully saturated rings. The maximum absolute atomic E-state index is 9.13. The summed E-state index contributed by atoms with van der Waals surface area (Å²) in [7, 11) is 3.40. The van der Waals surface area contributed by atoms with Crippen molar-refractivity contribution in [1.82, 2.24) is 0 Å². The Morgan fingerprint density at radius 2 is 1.50 bits per heavy atom. The summed E-state index contributed by atoms with van der Waals surface area (Å²) in [6, 6.07) is 12.3. The predicted octanol–water partition coefficient (Wildman–Crippen LogP) is 6.56. The topological polar surface area (TPSA) is 77.4 Å². The van der Waals surface area contributed by atoms with E-state index in [1.807, 2.05) is 25.1 Å². The number of rotatable bonds is 13. The van der Waals surface area contributed by atoms with Crippen LogP contribution in [0.3, 0.4) is 0 Å². The maximum Gasteiger partial charge on any atom is 0.128 e. The highest BCUT2D eigenvalue weighted by atomic mass is 16.5. The van der Waals surface area contributed by atoms with Gasteiger partial charge in [-0.15, -0.1) is 0 Å². The molecule has 216 valence electrons. The first kappa shape index (κ1) is 33.9. The summed E-state index contributed by atoms with van der Waals surface area (Å²) >= 11 is 0. The normalized spacial score (nSPS) is 12.5. The number of hydrogen-bond acceptors (Lipinski definition) is 6. The van der Waals surface area contributed by atoms with Gasteiger partial charge in [0.05, 0.1) is 40.1 Å². The van der Waals surface area contributed by atoms with E-state index >= 15 is 0 Å². The molecule has 6 heteroatoms. The van der Waals surface area contributed by atoms with Crippen LogP contribution in [0.2, 0.25) is 0 Å². The molecule has 1 atom stereocenters. The predicted molar refractivity (Wildman–Crippen MR) is 155 cm³/mol. The fraction of sp³-hybridized carbons (Fsp3) is 0.625. The number of benzene rings is 2. The Morgan fingerprint density at radius 3 is 2.03 bits per heavy atom. The zero-order valence-corrected chi connectivity index (χ0v) is 25.2. The quantitative estimate of drug-likeness (QED) is 0.285. The summed E-state index contributed by atoms with van der Waals surface area (Å²) in [6.45, 7) is 17.1. The third kappa shape index (κ3) is 11.3. The van der Waals surface area contributed by atoms with Gasteiger partial charge in [-0.05, 0) is 58.9 Å². The minimum atomic E-state index is -0.0832. The van der Waals surface area contributed by atoms with Crippen LogP contribution in [0.5, 0.6) is 11.5 Å². The Balaban J connectivity index is 0.000000380. The molecule has 0 radical (unpaired) electrons. The van der Waals surface area contributed by atoms with Crippen molar-refractivity contribution in [1.29, 1.82) is 0 Å². The lowest BCUT2D eigenvalue weighted by Gasteiger charge is -2.23. The highest BCUT2D eigenvalue weighted by molar-refractivity contribution is 5.45. The van der Waals surface area contributed by atoms with E-state index < -0.39 is 0 Å². The first-order chi connectivity index (χ1) is 17.9. The first-order valence-corrected chi connectivity index (χ1v) is 13.7. The van der Waals surface area contributed by atoms with Crippen molar-refractivity contribution in [3.8, 4) is 11.5 Å². The second-order valence-corrected chi connectivity index (χ2v) is 11.5. The molecule has 0 aliphatic carbocycles. The van der Waals surface area contributed by atoms with Crippen molar-refractivity contribution < 1.29 is 29.2 Å². The molecule has 0 aliphatic heterocycles. The molecule has 0 saturated carbocycles. The van der Waals surface area contributed by atoms with Crippen molar-refractivity contribution in [2.45, 2.75) is 97.9 Å². The summed E-state index contributed by atoms with van der Waals surface area (Å²) < 4.78 is 22.3. The van der Waals surface area contributed by atoms with Gasteiger partial charge in [0.2, 0.25) is 0 Å². The van der Waals surface area contributed by atoms with Crippen molar-refractivity contribution in [3.63, 3.8) is 0 Å². The van der Waals surface area contributed by atoms with Crippen molar-refractivity contribution >= 4 is 0 Å². The SMILES string of the molecule is CCC(CO)OCc1ccc(OC)c(C(C)(C)C)c1.COc1c(COCCCCO)cccc1C(C)(C)C. The summed E-state index contributed by atoms with van der Waals surface area (Å²) in [5, 5.41) is 17.8. The maximum atomic E-state index is 9.13. The van der Waals surface area contributed by atoms with Crippen LogP contribution in [0.15, 0.2) is 36.4 Å².